The summed E-state index contributed by atoms with van der Waals surface area (Å²) in [7, 11) is 0. The molecule has 100 valence electrons. The lowest BCUT2D eigenvalue weighted by molar-refractivity contribution is -0.115. The predicted octanol–water partition coefficient (Wildman–Crippen LogP) is 2.49. The number of carbonyl (C=O) groups is 1. The van der Waals surface area contributed by atoms with Gasteiger partial charge >= 0.3 is 0 Å². The van der Waals surface area contributed by atoms with E-state index in [9.17, 15) is 13.6 Å². The molecule has 0 radical (unpaired) electrons. The second kappa shape index (κ2) is 5.17. The maximum atomic E-state index is 13.0. The van der Waals surface area contributed by atoms with Gasteiger partial charge in [-0.05, 0) is 26.0 Å². The van der Waals surface area contributed by atoms with Crippen molar-refractivity contribution in [1.29, 1.82) is 0 Å². The Bertz CT molecular complexity index is 603. The van der Waals surface area contributed by atoms with Gasteiger partial charge in [-0.2, -0.15) is 5.10 Å². The Morgan fingerprint density at radius 1 is 1.32 bits per heavy atom. The minimum absolute atomic E-state index is 0.132. The minimum atomic E-state index is -0.992. The normalized spacial score (nSPS) is 10.5. The van der Waals surface area contributed by atoms with Crippen molar-refractivity contribution in [1.82, 2.24) is 10.2 Å². The van der Waals surface area contributed by atoms with Crippen molar-refractivity contribution in [3.63, 3.8) is 0 Å². The van der Waals surface area contributed by atoms with Crippen LogP contribution in [0.25, 0.3) is 0 Å². The van der Waals surface area contributed by atoms with E-state index in [1.165, 1.54) is 6.07 Å². The Balaban J connectivity index is 2.07. The molecule has 0 aliphatic heterocycles. The summed E-state index contributed by atoms with van der Waals surface area (Å²) in [4.78, 5) is 11.8. The van der Waals surface area contributed by atoms with E-state index >= 15 is 0 Å². The highest BCUT2D eigenvalue weighted by atomic mass is 19.2. The van der Waals surface area contributed by atoms with E-state index in [1.54, 1.807) is 6.92 Å². The summed E-state index contributed by atoms with van der Waals surface area (Å²) in [6, 6.07) is 3.23. The number of rotatable bonds is 3. The van der Waals surface area contributed by atoms with Crippen molar-refractivity contribution < 1.29 is 13.6 Å². The van der Waals surface area contributed by atoms with Crippen molar-refractivity contribution >= 4 is 11.6 Å². The maximum Gasteiger partial charge on any atom is 0.228 e. The molecule has 2 aromatic rings. The number of halogens is 2. The lowest BCUT2D eigenvalue weighted by Gasteiger charge is -2.06. The average molecular weight is 265 g/mol. The summed E-state index contributed by atoms with van der Waals surface area (Å²) in [6.07, 6.45) is 0.132. The highest BCUT2D eigenvalue weighted by molar-refractivity contribution is 5.92. The zero-order chi connectivity index (χ0) is 14.0. The van der Waals surface area contributed by atoms with Gasteiger partial charge in [0.15, 0.2) is 11.6 Å². The van der Waals surface area contributed by atoms with E-state index < -0.39 is 11.6 Å². The summed E-state index contributed by atoms with van der Waals surface area (Å²) in [5.41, 5.74) is 2.60. The molecule has 0 aliphatic rings. The van der Waals surface area contributed by atoms with Crippen molar-refractivity contribution in [3.8, 4) is 0 Å². The Kier molecular flexibility index (Phi) is 3.59. The molecular weight excluding hydrogens is 252 g/mol. The molecule has 0 atom stereocenters. The Hall–Kier alpha value is -2.24. The number of aryl methyl sites for hydroxylation is 2. The summed E-state index contributed by atoms with van der Waals surface area (Å²) in [5, 5.41) is 9.29. The van der Waals surface area contributed by atoms with Gasteiger partial charge in [0.1, 0.15) is 0 Å². The van der Waals surface area contributed by atoms with Crippen LogP contribution in [0.3, 0.4) is 0 Å². The molecule has 0 spiro atoms. The minimum Gasteiger partial charge on any atom is -0.326 e. The Morgan fingerprint density at radius 3 is 2.63 bits per heavy atom. The molecule has 0 aliphatic carbocycles. The molecule has 6 heteroatoms. The second-order valence-corrected chi connectivity index (χ2v) is 4.27. The molecule has 2 rings (SSSR count). The number of amides is 1. The van der Waals surface area contributed by atoms with E-state index in [0.29, 0.717) is 0 Å². The summed E-state index contributed by atoms with van der Waals surface area (Å²) < 4.78 is 25.7. The van der Waals surface area contributed by atoms with Gasteiger partial charge in [0, 0.05) is 23.0 Å². The fraction of sp³-hybridized carbons (Fsp3) is 0.231. The summed E-state index contributed by atoms with van der Waals surface area (Å²) >= 11 is 0. The molecule has 19 heavy (non-hydrogen) atoms. The van der Waals surface area contributed by atoms with Gasteiger partial charge < -0.3 is 5.32 Å². The van der Waals surface area contributed by atoms with Gasteiger partial charge in [-0.1, -0.05) is 0 Å². The third kappa shape index (κ3) is 2.96. The fourth-order valence-electron chi connectivity index (χ4n) is 1.77. The van der Waals surface area contributed by atoms with Crippen molar-refractivity contribution in [3.05, 3.63) is 46.8 Å². The first-order valence-electron chi connectivity index (χ1n) is 5.72. The fourth-order valence-corrected chi connectivity index (χ4v) is 1.77. The van der Waals surface area contributed by atoms with Crippen molar-refractivity contribution in [2.75, 3.05) is 5.32 Å². The van der Waals surface area contributed by atoms with Crippen molar-refractivity contribution in [2.45, 2.75) is 20.3 Å². The zero-order valence-electron chi connectivity index (χ0n) is 10.6. The van der Waals surface area contributed by atoms with Gasteiger partial charge in [0.05, 0.1) is 12.1 Å². The van der Waals surface area contributed by atoms with E-state index in [2.05, 4.69) is 15.5 Å². The van der Waals surface area contributed by atoms with Gasteiger partial charge in [0.2, 0.25) is 5.91 Å². The number of aromatic nitrogens is 2. The van der Waals surface area contributed by atoms with Gasteiger partial charge in [-0.3, -0.25) is 9.89 Å². The molecule has 1 amide bonds. The number of aromatic amines is 1. The topological polar surface area (TPSA) is 57.8 Å². The number of benzene rings is 1. The van der Waals surface area contributed by atoms with Crippen LogP contribution >= 0.6 is 0 Å². The average Bonchev–Trinajstić information content (AvgIpc) is 2.66. The molecular formula is C13H13F2N3O. The number of nitrogens with zero attached hydrogens (tertiary/aromatic N) is 1. The maximum absolute atomic E-state index is 13.0. The van der Waals surface area contributed by atoms with Crippen LogP contribution in [0.2, 0.25) is 0 Å². The first kappa shape index (κ1) is 13.2. The third-order valence-corrected chi connectivity index (χ3v) is 2.82. The molecule has 2 N–H and O–H groups in total. The third-order valence-electron chi connectivity index (χ3n) is 2.82. The van der Waals surface area contributed by atoms with Gasteiger partial charge in [0.25, 0.3) is 0 Å². The molecule has 1 heterocycles. The van der Waals surface area contributed by atoms with Crippen LogP contribution in [0.1, 0.15) is 17.0 Å². The van der Waals surface area contributed by atoms with Gasteiger partial charge in [-0.25, -0.2) is 8.78 Å². The quantitative estimate of drug-likeness (QED) is 0.895. The first-order valence-corrected chi connectivity index (χ1v) is 5.72. The molecule has 0 unspecified atom stereocenters. The van der Waals surface area contributed by atoms with Crippen LogP contribution in [0.15, 0.2) is 18.2 Å². The van der Waals surface area contributed by atoms with Crippen LogP contribution in [0, 0.1) is 25.5 Å². The molecule has 1 aromatic carbocycles. The highest BCUT2D eigenvalue weighted by Gasteiger charge is 2.12. The largest absolute Gasteiger partial charge is 0.326 e. The lowest BCUT2D eigenvalue weighted by Crippen LogP contribution is -2.15. The number of hydrogen-bond acceptors (Lipinski definition) is 2. The number of H-pyrrole nitrogens is 1. The molecule has 0 saturated carbocycles. The van der Waals surface area contributed by atoms with Crippen molar-refractivity contribution in [2.24, 2.45) is 0 Å². The van der Waals surface area contributed by atoms with Crippen LogP contribution in [0.4, 0.5) is 14.5 Å². The van der Waals surface area contributed by atoms with Crippen LogP contribution in [0.5, 0.6) is 0 Å². The lowest BCUT2D eigenvalue weighted by atomic mass is 10.1. The standard InChI is InChI=1S/C13H13F2N3O/c1-7-10(8(2)18-17-7)6-13(19)16-9-3-4-11(14)12(15)5-9/h3-5H,6H2,1-2H3,(H,16,19)(H,17,18). The smallest absolute Gasteiger partial charge is 0.228 e. The number of anilines is 1. The molecule has 1 aromatic heterocycles. The SMILES string of the molecule is Cc1n[nH]c(C)c1CC(=O)Nc1ccc(F)c(F)c1. The second-order valence-electron chi connectivity index (χ2n) is 4.27. The van der Waals surface area contributed by atoms with Gasteiger partial charge in [-0.15, -0.1) is 0 Å². The van der Waals surface area contributed by atoms with E-state index in [1.807, 2.05) is 6.92 Å². The summed E-state index contributed by atoms with van der Waals surface area (Å²) in [5.74, 6) is -2.24. The van der Waals surface area contributed by atoms with Crippen LogP contribution in [-0.4, -0.2) is 16.1 Å². The predicted molar refractivity (Wildman–Crippen MR) is 66.8 cm³/mol. The molecule has 4 nitrogen and oxygen atoms in total. The number of carbonyl (C=O) groups excluding carboxylic acids is 1. The van der Waals surface area contributed by atoms with E-state index in [4.69, 9.17) is 0 Å². The Labute approximate surface area is 108 Å². The molecule has 0 fully saturated rings. The number of hydrogen-bond donors (Lipinski definition) is 2. The molecule has 0 bridgehead atoms. The van der Waals surface area contributed by atoms with E-state index in [-0.39, 0.29) is 18.0 Å². The van der Waals surface area contributed by atoms with Crippen LogP contribution in [-0.2, 0) is 11.2 Å². The van der Waals surface area contributed by atoms with Crippen LogP contribution < -0.4 is 5.32 Å². The zero-order valence-corrected chi connectivity index (χ0v) is 10.6. The van der Waals surface area contributed by atoms with E-state index in [0.717, 1.165) is 29.1 Å². The first-order chi connectivity index (χ1) is 8.97. The highest BCUT2D eigenvalue weighted by Crippen LogP contribution is 2.15. The molecule has 0 saturated heterocycles. The summed E-state index contributed by atoms with van der Waals surface area (Å²) in [6.45, 7) is 3.61. The Morgan fingerprint density at radius 2 is 2.05 bits per heavy atom. The number of nitrogens with one attached hydrogen (secondary N) is 2. The monoisotopic (exact) mass is 265 g/mol.